The second kappa shape index (κ2) is 4.33. The van der Waals surface area contributed by atoms with Crippen molar-refractivity contribution in [2.45, 2.75) is 30.8 Å². The molecular formula is C17H17N5O. The summed E-state index contributed by atoms with van der Waals surface area (Å²) >= 11 is 0. The molecule has 2 saturated heterocycles. The predicted molar refractivity (Wildman–Crippen MR) is 83.7 cm³/mol. The molecule has 2 N–H and O–H groups in total. The molecule has 6 nitrogen and oxygen atoms in total. The van der Waals surface area contributed by atoms with Crippen molar-refractivity contribution in [3.63, 3.8) is 0 Å². The molecule has 2 aliphatic heterocycles. The highest BCUT2D eigenvalue weighted by molar-refractivity contribution is 6.05. The van der Waals surface area contributed by atoms with E-state index in [1.165, 1.54) is 25.8 Å². The summed E-state index contributed by atoms with van der Waals surface area (Å²) < 4.78 is 0. The summed E-state index contributed by atoms with van der Waals surface area (Å²) in [5, 5.41) is 20.0. The number of carbonyl (C=O) groups excluding carboxylic acids is 1. The summed E-state index contributed by atoms with van der Waals surface area (Å²) in [6.45, 7) is 2.13. The molecule has 3 aliphatic rings. The normalized spacial score (nSPS) is 31.6. The fraction of sp³-hybridized carbons (Fsp3) is 0.471. The summed E-state index contributed by atoms with van der Waals surface area (Å²) in [5.74, 6) is 0.459. The summed E-state index contributed by atoms with van der Waals surface area (Å²) in [4.78, 5) is 15.2. The molecule has 1 aromatic heterocycles. The van der Waals surface area contributed by atoms with Crippen molar-refractivity contribution < 1.29 is 4.79 Å². The highest BCUT2D eigenvalue weighted by atomic mass is 16.2. The molecule has 0 bridgehead atoms. The fourth-order valence-corrected chi connectivity index (χ4v) is 4.76. The zero-order chi connectivity index (χ0) is 15.6. The van der Waals surface area contributed by atoms with Crippen LogP contribution >= 0.6 is 0 Å². The Labute approximate surface area is 133 Å². The first-order chi connectivity index (χ1) is 11.2. The third-order valence-electron chi connectivity index (χ3n) is 6.15. The molecule has 1 saturated carbocycles. The number of nitrogens with one attached hydrogen (secondary N) is 2. The predicted octanol–water partition coefficient (Wildman–Crippen LogP) is 1.40. The minimum atomic E-state index is -0.138. The van der Waals surface area contributed by atoms with Crippen molar-refractivity contribution in [2.24, 2.45) is 5.92 Å². The number of nitriles is 1. The van der Waals surface area contributed by atoms with E-state index >= 15 is 0 Å². The van der Waals surface area contributed by atoms with Gasteiger partial charge in [0.05, 0.1) is 17.1 Å². The summed E-state index contributed by atoms with van der Waals surface area (Å²) in [7, 11) is 0. The number of H-pyrrole nitrogens is 1. The van der Waals surface area contributed by atoms with Crippen LogP contribution in [-0.4, -0.2) is 45.7 Å². The van der Waals surface area contributed by atoms with Gasteiger partial charge >= 0.3 is 0 Å². The van der Waals surface area contributed by atoms with E-state index in [2.05, 4.69) is 26.5 Å². The van der Waals surface area contributed by atoms with Gasteiger partial charge in [0, 0.05) is 30.1 Å². The number of hydrogen-bond donors (Lipinski definition) is 2. The average Bonchev–Trinajstić information content (AvgIpc) is 2.97. The van der Waals surface area contributed by atoms with E-state index in [-0.39, 0.29) is 11.9 Å². The van der Waals surface area contributed by atoms with Gasteiger partial charge in [-0.3, -0.25) is 14.8 Å². The number of rotatable bonds is 2. The minimum Gasteiger partial charge on any atom is -0.346 e. The molecule has 3 fully saturated rings. The first kappa shape index (κ1) is 13.1. The summed E-state index contributed by atoms with van der Waals surface area (Å²) in [6.07, 6.45) is 3.77. The van der Waals surface area contributed by atoms with Crippen LogP contribution in [0.25, 0.3) is 10.9 Å². The molecule has 2 aromatic rings. The second-order valence-electron chi connectivity index (χ2n) is 6.97. The van der Waals surface area contributed by atoms with Crippen LogP contribution in [-0.2, 0) is 0 Å². The Hall–Kier alpha value is -2.39. The van der Waals surface area contributed by atoms with Gasteiger partial charge in [-0.15, -0.1) is 0 Å². The largest absolute Gasteiger partial charge is 0.346 e. The molecule has 116 valence electrons. The van der Waals surface area contributed by atoms with Gasteiger partial charge in [-0.25, -0.2) is 0 Å². The Kier molecular flexibility index (Phi) is 2.46. The van der Waals surface area contributed by atoms with Gasteiger partial charge in [-0.2, -0.15) is 10.4 Å². The maximum Gasteiger partial charge on any atom is 0.272 e. The molecule has 1 amide bonds. The van der Waals surface area contributed by atoms with Gasteiger partial charge in [-0.05, 0) is 43.4 Å². The van der Waals surface area contributed by atoms with Gasteiger partial charge in [0.1, 0.15) is 0 Å². The first-order valence-electron chi connectivity index (χ1n) is 8.15. The molecule has 1 spiro atoms. The van der Waals surface area contributed by atoms with Gasteiger partial charge in [0.25, 0.3) is 5.91 Å². The quantitative estimate of drug-likeness (QED) is 0.878. The average molecular weight is 307 g/mol. The summed E-state index contributed by atoms with van der Waals surface area (Å²) in [6, 6.07) is 7.57. The molecule has 3 unspecified atom stereocenters. The zero-order valence-electron chi connectivity index (χ0n) is 12.7. The van der Waals surface area contributed by atoms with E-state index < -0.39 is 0 Å². The highest BCUT2D eigenvalue weighted by Crippen LogP contribution is 2.57. The number of carbonyl (C=O) groups is 1. The monoisotopic (exact) mass is 307 g/mol. The molecule has 5 rings (SSSR count). The number of aromatic amines is 1. The van der Waals surface area contributed by atoms with Crippen LogP contribution in [0.2, 0.25) is 0 Å². The van der Waals surface area contributed by atoms with Crippen LogP contribution in [0.5, 0.6) is 0 Å². The van der Waals surface area contributed by atoms with Crippen LogP contribution in [0, 0.1) is 17.2 Å². The van der Waals surface area contributed by atoms with Crippen LogP contribution in [0.4, 0.5) is 0 Å². The van der Waals surface area contributed by atoms with E-state index in [0.717, 1.165) is 12.1 Å². The fourth-order valence-electron chi connectivity index (χ4n) is 4.76. The van der Waals surface area contributed by atoms with E-state index in [9.17, 15) is 4.79 Å². The number of benzene rings is 1. The van der Waals surface area contributed by atoms with E-state index in [1.807, 2.05) is 0 Å². The lowest BCUT2D eigenvalue weighted by Crippen LogP contribution is -2.64. The van der Waals surface area contributed by atoms with Crippen LogP contribution in [0.1, 0.15) is 35.3 Å². The Bertz CT molecular complexity index is 861. The molecule has 0 radical (unpaired) electrons. The molecule has 1 aromatic carbocycles. The standard InChI is InChI=1S/C17H17N5O/c18-8-10-1-2-13-11(7-10)15(21-20-13)16(23)19-14-9-22-6-5-17(22)4-3-12(14)17/h1-2,7,12,14H,3-6,9H2,(H,19,23)(H,20,21). The number of aromatic nitrogens is 2. The molecular weight excluding hydrogens is 290 g/mol. The Balaban J connectivity index is 1.42. The van der Waals surface area contributed by atoms with E-state index in [1.54, 1.807) is 18.2 Å². The topological polar surface area (TPSA) is 84.8 Å². The highest BCUT2D eigenvalue weighted by Gasteiger charge is 2.63. The number of nitrogens with zero attached hydrogens (tertiary/aromatic N) is 3. The van der Waals surface area contributed by atoms with Crippen molar-refractivity contribution in [1.29, 1.82) is 5.26 Å². The number of hydrogen-bond acceptors (Lipinski definition) is 4. The van der Waals surface area contributed by atoms with Gasteiger partial charge < -0.3 is 5.32 Å². The number of amides is 1. The van der Waals surface area contributed by atoms with Crippen molar-refractivity contribution in [2.75, 3.05) is 13.1 Å². The van der Waals surface area contributed by atoms with Crippen molar-refractivity contribution in [3.05, 3.63) is 29.5 Å². The Morgan fingerprint density at radius 1 is 1.48 bits per heavy atom. The Morgan fingerprint density at radius 2 is 2.39 bits per heavy atom. The van der Waals surface area contributed by atoms with Gasteiger partial charge in [0.15, 0.2) is 5.69 Å². The van der Waals surface area contributed by atoms with Crippen molar-refractivity contribution in [3.8, 4) is 6.07 Å². The Morgan fingerprint density at radius 3 is 3.04 bits per heavy atom. The van der Waals surface area contributed by atoms with E-state index in [4.69, 9.17) is 5.26 Å². The third-order valence-corrected chi connectivity index (χ3v) is 6.15. The van der Waals surface area contributed by atoms with Crippen LogP contribution in [0.15, 0.2) is 18.2 Å². The lowest BCUT2D eigenvalue weighted by atomic mass is 9.61. The lowest BCUT2D eigenvalue weighted by Gasteiger charge is -2.58. The SMILES string of the molecule is N#Cc1ccc2[nH]nc(C(=O)NC3CN4CCC45CCC35)c2c1. The molecule has 1 aliphatic carbocycles. The zero-order valence-corrected chi connectivity index (χ0v) is 12.7. The van der Waals surface area contributed by atoms with Crippen molar-refractivity contribution in [1.82, 2.24) is 20.4 Å². The van der Waals surface area contributed by atoms with Crippen LogP contribution in [0.3, 0.4) is 0 Å². The molecule has 23 heavy (non-hydrogen) atoms. The maximum absolute atomic E-state index is 12.7. The van der Waals surface area contributed by atoms with Gasteiger partial charge in [0.2, 0.25) is 0 Å². The smallest absolute Gasteiger partial charge is 0.272 e. The molecule has 3 atom stereocenters. The van der Waals surface area contributed by atoms with Crippen molar-refractivity contribution >= 4 is 16.8 Å². The first-order valence-corrected chi connectivity index (χ1v) is 8.15. The third kappa shape index (κ3) is 1.60. The lowest BCUT2D eigenvalue weighted by molar-refractivity contribution is -0.0676. The minimum absolute atomic E-state index is 0.138. The van der Waals surface area contributed by atoms with Crippen LogP contribution < -0.4 is 5.32 Å². The maximum atomic E-state index is 12.7. The van der Waals surface area contributed by atoms with Gasteiger partial charge in [-0.1, -0.05) is 0 Å². The van der Waals surface area contributed by atoms with E-state index in [0.29, 0.717) is 28.1 Å². The second-order valence-corrected chi connectivity index (χ2v) is 6.97. The molecule has 3 heterocycles. The number of fused-ring (bicyclic) bond motifs is 1. The molecule has 6 heteroatoms. The summed E-state index contributed by atoms with van der Waals surface area (Å²) in [5.41, 5.74) is 2.11.